The number of nitrogens with two attached hydrogens (primary N) is 1. The van der Waals surface area contributed by atoms with Gasteiger partial charge in [-0.2, -0.15) is 5.26 Å². The predicted molar refractivity (Wildman–Crippen MR) is 191 cm³/mol. The van der Waals surface area contributed by atoms with Crippen LogP contribution in [0.1, 0.15) is 124 Å². The average molecular weight is 713 g/mol. The second kappa shape index (κ2) is 22.7. The minimum atomic E-state index is -0.481. The molecule has 280 valence electrons. The Bertz CT molecular complexity index is 1220. The van der Waals surface area contributed by atoms with Crippen LogP contribution in [0, 0.1) is 17.2 Å². The van der Waals surface area contributed by atoms with Gasteiger partial charge in [0.2, 0.25) is 0 Å². The molecule has 3 heterocycles. The highest BCUT2D eigenvalue weighted by atomic mass is 32.1. The summed E-state index contributed by atoms with van der Waals surface area (Å²) in [4.78, 5) is 60.8. The lowest BCUT2D eigenvalue weighted by Gasteiger charge is -2.33. The van der Waals surface area contributed by atoms with Gasteiger partial charge in [-0.25, -0.2) is 14.4 Å². The van der Waals surface area contributed by atoms with E-state index in [0.717, 1.165) is 36.8 Å². The third-order valence-corrected chi connectivity index (χ3v) is 7.86. The van der Waals surface area contributed by atoms with E-state index in [4.69, 9.17) is 25.2 Å². The number of nitriles is 1. The molecule has 1 aromatic heterocycles. The molecule has 2 amide bonds. The molecule has 0 radical (unpaired) electrons. The van der Waals surface area contributed by atoms with Gasteiger partial charge in [0.05, 0.1) is 24.8 Å². The number of aldehydes is 1. The maximum Gasteiger partial charge on any atom is 0.410 e. The van der Waals surface area contributed by atoms with Gasteiger partial charge in [0.15, 0.2) is 0 Å². The molecule has 0 saturated carbocycles. The van der Waals surface area contributed by atoms with Crippen molar-refractivity contribution in [2.24, 2.45) is 5.92 Å². The van der Waals surface area contributed by atoms with Crippen molar-refractivity contribution < 1.29 is 42.9 Å². The Balaban J connectivity index is 0. The van der Waals surface area contributed by atoms with Gasteiger partial charge in [0, 0.05) is 37.0 Å². The molecule has 2 fully saturated rings. The first-order valence-electron chi connectivity index (χ1n) is 15.9. The quantitative estimate of drug-likeness (QED) is 0.179. The van der Waals surface area contributed by atoms with Gasteiger partial charge < -0.3 is 39.3 Å². The van der Waals surface area contributed by atoms with Gasteiger partial charge in [0.25, 0.3) is 0 Å². The molecule has 14 heteroatoms. The van der Waals surface area contributed by atoms with Gasteiger partial charge in [-0.1, -0.05) is 14.9 Å². The topological polar surface area (TPSA) is 179 Å². The Hall–Kier alpha value is -3.86. The summed E-state index contributed by atoms with van der Waals surface area (Å²) in [5, 5.41) is 8.41. The summed E-state index contributed by atoms with van der Waals surface area (Å²) in [6.45, 7) is 17.8. The number of carbonyl (C=O) groups excluding carboxylic acids is 5. The summed E-state index contributed by atoms with van der Waals surface area (Å²) in [7, 11) is 0. The van der Waals surface area contributed by atoms with Gasteiger partial charge in [0.1, 0.15) is 28.9 Å². The van der Waals surface area contributed by atoms with Crippen LogP contribution in [0.15, 0.2) is 6.07 Å². The van der Waals surface area contributed by atoms with Crippen LogP contribution in [0.25, 0.3) is 0 Å². The highest BCUT2D eigenvalue weighted by Gasteiger charge is 2.29. The number of carbonyl (C=O) groups is 5. The maximum atomic E-state index is 12.1. The number of esters is 2. The first-order valence-corrected chi connectivity index (χ1v) is 16.8. The summed E-state index contributed by atoms with van der Waals surface area (Å²) in [5.74, 6) is -0.401. The molecule has 2 saturated heterocycles. The van der Waals surface area contributed by atoms with E-state index in [2.05, 4.69) is 4.74 Å². The smallest absolute Gasteiger partial charge is 0.410 e. The fourth-order valence-electron chi connectivity index (χ4n) is 4.49. The van der Waals surface area contributed by atoms with Gasteiger partial charge >= 0.3 is 24.1 Å². The fourth-order valence-corrected chi connectivity index (χ4v) is 5.57. The van der Waals surface area contributed by atoms with Crippen molar-refractivity contribution in [3.8, 4) is 6.07 Å². The zero-order valence-electron chi connectivity index (χ0n) is 29.1. The highest BCUT2D eigenvalue weighted by molar-refractivity contribution is 7.16. The Morgan fingerprint density at radius 1 is 0.878 bits per heavy atom. The van der Waals surface area contributed by atoms with Crippen LogP contribution in [0.5, 0.6) is 0 Å². The van der Waals surface area contributed by atoms with E-state index in [9.17, 15) is 24.0 Å². The van der Waals surface area contributed by atoms with Crippen molar-refractivity contribution in [2.75, 3.05) is 45.1 Å². The molecular formula is C35H60N4O9S. The molecule has 0 aromatic carbocycles. The van der Waals surface area contributed by atoms with Crippen LogP contribution in [0.2, 0.25) is 0 Å². The van der Waals surface area contributed by atoms with Gasteiger partial charge in [-0.3, -0.25) is 4.79 Å². The van der Waals surface area contributed by atoms with E-state index in [1.165, 1.54) is 11.3 Å². The number of ether oxygens (including phenoxy) is 4. The van der Waals surface area contributed by atoms with E-state index >= 15 is 0 Å². The van der Waals surface area contributed by atoms with Crippen LogP contribution in [-0.2, 0) is 28.5 Å². The standard InChI is InChI=1S/C17H26N2O4S.C11H19NO3.C5H7NO2.2CH4/c1-5-22-15(20)12-10-13(24-14(12)18)11-6-8-19(9-7-11)16(21)23-17(2,3)4;1-11(2,3)15-10(14)12-6-4-9(8-13)5-7-12;1-2-8-5(7)3-4-6;;/h10-11H,5-9,18H2,1-4H3;8-9H,4-7H2,1-3H3;2-3H2,1H3;2*1H4. The molecule has 3 rings (SSSR count). The summed E-state index contributed by atoms with van der Waals surface area (Å²) in [5.41, 5.74) is 5.48. The van der Waals surface area contributed by atoms with E-state index < -0.39 is 17.2 Å². The van der Waals surface area contributed by atoms with Crippen molar-refractivity contribution in [3.63, 3.8) is 0 Å². The Kier molecular flexibility index (Phi) is 21.9. The first-order chi connectivity index (χ1) is 21.9. The van der Waals surface area contributed by atoms with Gasteiger partial charge in [-0.15, -0.1) is 11.3 Å². The molecule has 13 nitrogen and oxygen atoms in total. The van der Waals surface area contributed by atoms with Crippen LogP contribution in [-0.4, -0.2) is 90.8 Å². The number of nitrogens with zero attached hydrogens (tertiary/aromatic N) is 3. The van der Waals surface area contributed by atoms with Crippen LogP contribution < -0.4 is 5.73 Å². The Morgan fingerprint density at radius 2 is 1.33 bits per heavy atom. The molecule has 49 heavy (non-hydrogen) atoms. The number of piperidine rings is 2. The molecule has 0 aliphatic carbocycles. The summed E-state index contributed by atoms with van der Waals surface area (Å²) in [6, 6.07) is 3.52. The lowest BCUT2D eigenvalue weighted by molar-refractivity contribution is -0.141. The lowest BCUT2D eigenvalue weighted by Crippen LogP contribution is -2.41. The van der Waals surface area contributed by atoms with Crippen molar-refractivity contribution in [1.29, 1.82) is 5.26 Å². The highest BCUT2D eigenvalue weighted by Crippen LogP contribution is 2.37. The first kappa shape index (κ1) is 47.3. The number of hydrogen-bond acceptors (Lipinski definition) is 12. The summed E-state index contributed by atoms with van der Waals surface area (Å²) >= 11 is 1.44. The van der Waals surface area contributed by atoms with E-state index in [0.29, 0.717) is 55.9 Å². The number of anilines is 1. The monoisotopic (exact) mass is 712 g/mol. The van der Waals surface area contributed by atoms with Crippen LogP contribution in [0.3, 0.4) is 0 Å². The third-order valence-electron chi connectivity index (χ3n) is 6.74. The molecule has 0 bridgehead atoms. The fraction of sp³-hybridized carbons (Fsp3) is 0.714. The van der Waals surface area contributed by atoms with E-state index in [1.54, 1.807) is 29.7 Å². The van der Waals surface area contributed by atoms with Gasteiger partial charge in [-0.05, 0) is 93.1 Å². The van der Waals surface area contributed by atoms with Crippen molar-refractivity contribution >= 4 is 46.7 Å². The van der Waals surface area contributed by atoms with Crippen molar-refractivity contribution in [1.82, 2.24) is 9.80 Å². The molecule has 0 unspecified atom stereocenters. The molecule has 1 aromatic rings. The number of amides is 2. The Morgan fingerprint density at radius 3 is 1.71 bits per heavy atom. The molecule has 2 aliphatic rings. The normalized spacial score (nSPS) is 14.8. The zero-order valence-corrected chi connectivity index (χ0v) is 29.9. The minimum absolute atomic E-state index is 0. The molecule has 0 spiro atoms. The second-order valence-electron chi connectivity index (χ2n) is 13.0. The summed E-state index contributed by atoms with van der Waals surface area (Å²) in [6.07, 6.45) is 3.47. The van der Waals surface area contributed by atoms with Crippen LogP contribution in [0.4, 0.5) is 14.6 Å². The molecule has 2 aliphatic heterocycles. The number of rotatable bonds is 6. The second-order valence-corrected chi connectivity index (χ2v) is 14.1. The molecular weight excluding hydrogens is 652 g/mol. The minimum Gasteiger partial charge on any atom is -0.465 e. The average Bonchev–Trinajstić information content (AvgIpc) is 3.38. The SMILES string of the molecule is C.C.CC(C)(C)OC(=O)N1CCC(C=O)CC1.CCOC(=O)CC#N.CCOC(=O)c1cc(C2CCN(C(=O)OC(C)(C)C)CC2)sc1N. The number of thiophene rings is 1. The largest absolute Gasteiger partial charge is 0.465 e. The number of nitrogen functional groups attached to an aromatic ring is 1. The van der Waals surface area contributed by atoms with E-state index in [-0.39, 0.29) is 45.3 Å². The zero-order chi connectivity index (χ0) is 35.8. The Labute approximate surface area is 297 Å². The van der Waals surface area contributed by atoms with E-state index in [1.807, 2.05) is 47.6 Å². The maximum absolute atomic E-state index is 12.1. The van der Waals surface area contributed by atoms with Crippen molar-refractivity contribution in [3.05, 3.63) is 16.5 Å². The van der Waals surface area contributed by atoms with Crippen molar-refractivity contribution in [2.45, 2.75) is 119 Å². The lowest BCUT2D eigenvalue weighted by atomic mass is 9.95. The molecule has 2 N–H and O–H groups in total. The predicted octanol–water partition coefficient (Wildman–Crippen LogP) is 7.19. The van der Waals surface area contributed by atoms with Crippen LogP contribution >= 0.6 is 11.3 Å². The molecule has 0 atom stereocenters. The number of hydrogen-bond donors (Lipinski definition) is 1. The third kappa shape index (κ3) is 18.5. The number of likely N-dealkylation sites (tertiary alicyclic amines) is 2. The summed E-state index contributed by atoms with van der Waals surface area (Å²) < 4.78 is 20.1.